The van der Waals surface area contributed by atoms with Crippen LogP contribution in [0.4, 0.5) is 14.5 Å². The number of H-pyrrole nitrogens is 1. The molecule has 0 bridgehead atoms. The summed E-state index contributed by atoms with van der Waals surface area (Å²) in [6.45, 7) is 0. The lowest BCUT2D eigenvalue weighted by molar-refractivity contribution is 0.100. The van der Waals surface area contributed by atoms with Crippen LogP contribution in [0.15, 0.2) is 48.5 Å². The Morgan fingerprint density at radius 1 is 1.04 bits per heavy atom. The molecular weight excluding hydrogens is 330 g/mol. The van der Waals surface area contributed by atoms with Gasteiger partial charge < -0.3 is 11.1 Å². The number of halogens is 2. The average molecular weight is 342 g/mol. The molecule has 3 rings (SSSR count). The van der Waals surface area contributed by atoms with Gasteiger partial charge in [-0.3, -0.25) is 14.7 Å². The van der Waals surface area contributed by atoms with Gasteiger partial charge in [0.05, 0.1) is 16.9 Å². The highest BCUT2D eigenvalue weighted by Gasteiger charge is 2.15. The largest absolute Gasteiger partial charge is 0.366 e. The van der Waals surface area contributed by atoms with Crippen LogP contribution >= 0.6 is 0 Å². The molecule has 0 atom stereocenters. The molecule has 8 heteroatoms. The quantitative estimate of drug-likeness (QED) is 0.679. The zero-order valence-electron chi connectivity index (χ0n) is 12.7. The van der Waals surface area contributed by atoms with Crippen molar-refractivity contribution in [2.24, 2.45) is 5.73 Å². The number of nitrogens with one attached hydrogen (secondary N) is 2. The Labute approximate surface area is 140 Å². The number of carbonyl (C=O) groups is 2. The minimum Gasteiger partial charge on any atom is -0.366 e. The summed E-state index contributed by atoms with van der Waals surface area (Å²) < 4.78 is 26.3. The molecule has 6 nitrogen and oxygen atoms in total. The van der Waals surface area contributed by atoms with Crippen molar-refractivity contribution in [3.05, 3.63) is 71.4 Å². The lowest BCUT2D eigenvalue weighted by Crippen LogP contribution is -2.18. The first-order chi connectivity index (χ1) is 12.0. The van der Waals surface area contributed by atoms with Crippen LogP contribution < -0.4 is 11.1 Å². The number of hydrogen-bond acceptors (Lipinski definition) is 3. The van der Waals surface area contributed by atoms with Crippen molar-refractivity contribution in [1.82, 2.24) is 10.2 Å². The number of aromatic amines is 1. The van der Waals surface area contributed by atoms with E-state index in [0.29, 0.717) is 5.56 Å². The van der Waals surface area contributed by atoms with Gasteiger partial charge in [-0.15, -0.1) is 0 Å². The number of benzene rings is 2. The third kappa shape index (κ3) is 3.37. The molecule has 0 aliphatic rings. The molecule has 126 valence electrons. The third-order valence-electron chi connectivity index (χ3n) is 3.48. The summed E-state index contributed by atoms with van der Waals surface area (Å²) in [5.74, 6) is -3.22. The van der Waals surface area contributed by atoms with Crippen LogP contribution in [0, 0.1) is 11.6 Å². The molecule has 2 aromatic carbocycles. The van der Waals surface area contributed by atoms with Gasteiger partial charge >= 0.3 is 0 Å². The topological polar surface area (TPSA) is 101 Å². The number of amides is 2. The third-order valence-corrected chi connectivity index (χ3v) is 3.48. The molecule has 0 fully saturated rings. The predicted molar refractivity (Wildman–Crippen MR) is 86.9 cm³/mol. The van der Waals surface area contributed by atoms with E-state index in [1.807, 2.05) is 0 Å². The van der Waals surface area contributed by atoms with Gasteiger partial charge in [0.15, 0.2) is 11.6 Å². The molecule has 1 heterocycles. The fourth-order valence-electron chi connectivity index (χ4n) is 2.24. The summed E-state index contributed by atoms with van der Waals surface area (Å²) >= 11 is 0. The molecule has 1 aromatic heterocycles. The number of rotatable bonds is 4. The number of carbonyl (C=O) groups excluding carboxylic acids is 2. The first-order valence-electron chi connectivity index (χ1n) is 7.16. The molecule has 4 N–H and O–H groups in total. The molecule has 0 aliphatic carbocycles. The van der Waals surface area contributed by atoms with Crippen molar-refractivity contribution in [3.8, 4) is 11.3 Å². The summed E-state index contributed by atoms with van der Waals surface area (Å²) in [6, 6.07) is 11.0. The molecule has 0 spiro atoms. The van der Waals surface area contributed by atoms with Crippen LogP contribution in [0.3, 0.4) is 0 Å². The maximum atomic E-state index is 13.3. The van der Waals surface area contributed by atoms with Crippen molar-refractivity contribution in [1.29, 1.82) is 0 Å². The van der Waals surface area contributed by atoms with Crippen molar-refractivity contribution in [2.75, 3.05) is 5.32 Å². The normalized spacial score (nSPS) is 10.5. The molecule has 0 aliphatic heterocycles. The van der Waals surface area contributed by atoms with Crippen LogP contribution in [0.25, 0.3) is 11.3 Å². The number of anilines is 1. The Morgan fingerprint density at radius 3 is 2.52 bits per heavy atom. The smallest absolute Gasteiger partial charge is 0.273 e. The highest BCUT2D eigenvalue weighted by Crippen LogP contribution is 2.21. The highest BCUT2D eigenvalue weighted by atomic mass is 19.2. The molecule has 0 saturated heterocycles. The van der Waals surface area contributed by atoms with Gasteiger partial charge in [0.25, 0.3) is 11.8 Å². The fourth-order valence-corrected chi connectivity index (χ4v) is 2.24. The second kappa shape index (κ2) is 6.52. The highest BCUT2D eigenvalue weighted by molar-refractivity contribution is 6.08. The molecule has 25 heavy (non-hydrogen) atoms. The van der Waals surface area contributed by atoms with Crippen molar-refractivity contribution in [2.45, 2.75) is 0 Å². The predicted octanol–water partition coefficient (Wildman–Crippen LogP) is 2.71. The first-order valence-corrected chi connectivity index (χ1v) is 7.16. The van der Waals surface area contributed by atoms with Crippen LogP contribution in [-0.4, -0.2) is 22.0 Å². The molecule has 0 radical (unpaired) electrons. The van der Waals surface area contributed by atoms with E-state index in [1.54, 1.807) is 12.1 Å². The van der Waals surface area contributed by atoms with E-state index >= 15 is 0 Å². The first kappa shape index (κ1) is 16.3. The SMILES string of the molecule is NC(=O)c1ccccc1NC(=O)c1cc(-c2ccc(F)c(F)c2)n[nH]1. The summed E-state index contributed by atoms with van der Waals surface area (Å²) in [7, 11) is 0. The van der Waals surface area contributed by atoms with E-state index in [9.17, 15) is 18.4 Å². The number of aromatic nitrogens is 2. The van der Waals surface area contributed by atoms with Gasteiger partial charge in [-0.05, 0) is 36.4 Å². The number of para-hydroxylation sites is 1. The van der Waals surface area contributed by atoms with Gasteiger partial charge in [0, 0.05) is 5.56 Å². The van der Waals surface area contributed by atoms with Gasteiger partial charge in [-0.1, -0.05) is 12.1 Å². The summed E-state index contributed by atoms with van der Waals surface area (Å²) in [5, 5.41) is 8.97. The monoisotopic (exact) mass is 342 g/mol. The van der Waals surface area contributed by atoms with Gasteiger partial charge in [-0.2, -0.15) is 5.10 Å². The number of hydrogen-bond donors (Lipinski definition) is 3. The Kier molecular flexibility index (Phi) is 4.25. The van der Waals surface area contributed by atoms with Crippen molar-refractivity contribution in [3.63, 3.8) is 0 Å². The van der Waals surface area contributed by atoms with Crippen LogP contribution in [-0.2, 0) is 0 Å². The Bertz CT molecular complexity index is 969. The summed E-state index contributed by atoms with van der Waals surface area (Å²) in [4.78, 5) is 23.7. The molecular formula is C17H12F2N4O2. The van der Waals surface area contributed by atoms with Crippen molar-refractivity contribution < 1.29 is 18.4 Å². The lowest BCUT2D eigenvalue weighted by atomic mass is 10.1. The van der Waals surface area contributed by atoms with Gasteiger partial charge in [0.2, 0.25) is 0 Å². The maximum Gasteiger partial charge on any atom is 0.273 e. The maximum absolute atomic E-state index is 13.3. The number of nitrogens with two attached hydrogens (primary N) is 1. The van der Waals surface area contributed by atoms with Crippen LogP contribution in [0.2, 0.25) is 0 Å². The standard InChI is InChI=1S/C17H12F2N4O2/c18-11-6-5-9(7-12(11)19)14-8-15(23-22-14)17(25)21-13-4-2-1-3-10(13)16(20)24/h1-8H,(H2,20,24)(H,21,25)(H,22,23). The number of nitrogens with zero attached hydrogens (tertiary/aromatic N) is 1. The van der Waals surface area contributed by atoms with Crippen LogP contribution in [0.1, 0.15) is 20.8 Å². The van der Waals surface area contributed by atoms with Crippen molar-refractivity contribution >= 4 is 17.5 Å². The van der Waals surface area contributed by atoms with E-state index in [4.69, 9.17) is 5.73 Å². The minimum absolute atomic E-state index is 0.0824. The average Bonchev–Trinajstić information content (AvgIpc) is 3.08. The zero-order chi connectivity index (χ0) is 18.0. The van der Waals surface area contributed by atoms with E-state index in [-0.39, 0.29) is 22.6 Å². The molecule has 0 unspecified atom stereocenters. The second-order valence-corrected chi connectivity index (χ2v) is 5.16. The lowest BCUT2D eigenvalue weighted by Gasteiger charge is -2.07. The second-order valence-electron chi connectivity index (χ2n) is 5.16. The minimum atomic E-state index is -1.01. The molecule has 0 saturated carbocycles. The fraction of sp³-hybridized carbons (Fsp3) is 0. The zero-order valence-corrected chi connectivity index (χ0v) is 12.7. The molecule has 3 aromatic rings. The Balaban J connectivity index is 1.84. The Morgan fingerprint density at radius 2 is 1.80 bits per heavy atom. The number of primary amides is 1. The summed E-state index contributed by atoms with van der Waals surface area (Å²) in [5.41, 5.74) is 6.34. The van der Waals surface area contributed by atoms with Crippen LogP contribution in [0.5, 0.6) is 0 Å². The molecule has 2 amide bonds. The Hall–Kier alpha value is -3.55. The summed E-state index contributed by atoms with van der Waals surface area (Å²) in [6.07, 6.45) is 0. The van der Waals surface area contributed by atoms with Gasteiger partial charge in [0.1, 0.15) is 5.69 Å². The van der Waals surface area contributed by atoms with E-state index < -0.39 is 23.4 Å². The van der Waals surface area contributed by atoms with E-state index in [1.165, 1.54) is 24.3 Å². The van der Waals surface area contributed by atoms with E-state index in [2.05, 4.69) is 15.5 Å². The van der Waals surface area contributed by atoms with E-state index in [0.717, 1.165) is 12.1 Å². The van der Waals surface area contributed by atoms with Gasteiger partial charge in [-0.25, -0.2) is 8.78 Å².